The summed E-state index contributed by atoms with van der Waals surface area (Å²) in [6, 6.07) is 24.3. The van der Waals surface area contributed by atoms with Gasteiger partial charge in [-0.25, -0.2) is 14.4 Å². The summed E-state index contributed by atoms with van der Waals surface area (Å²) in [6.45, 7) is 8.72. The predicted octanol–water partition coefficient (Wildman–Crippen LogP) is 4.87. The third-order valence-corrected chi connectivity index (χ3v) is 10.7. The maximum atomic E-state index is 14.1. The average molecular weight is 715 g/mol. The van der Waals surface area contributed by atoms with Crippen LogP contribution in [0.1, 0.15) is 79.0 Å². The fourth-order valence-electron chi connectivity index (χ4n) is 8.75. The summed E-state index contributed by atoms with van der Waals surface area (Å²) in [4.78, 5) is 67.7. The number of ether oxygens (including phenoxy) is 6. The van der Waals surface area contributed by atoms with Gasteiger partial charge in [0, 0.05) is 20.3 Å². The van der Waals surface area contributed by atoms with E-state index in [1.54, 1.807) is 87.5 Å². The Labute approximate surface area is 301 Å². The second kappa shape index (κ2) is 13.5. The highest BCUT2D eigenvalue weighted by molar-refractivity contribution is 5.91. The van der Waals surface area contributed by atoms with Crippen LogP contribution >= 0.6 is 0 Å². The Hall–Kier alpha value is -5.07. The van der Waals surface area contributed by atoms with Crippen LogP contribution in [-0.4, -0.2) is 82.3 Å². The van der Waals surface area contributed by atoms with E-state index in [0.717, 1.165) is 0 Å². The van der Waals surface area contributed by atoms with E-state index in [1.165, 1.54) is 45.0 Å². The Morgan fingerprint density at radius 2 is 1.02 bits per heavy atom. The van der Waals surface area contributed by atoms with Crippen molar-refractivity contribution in [3.8, 4) is 0 Å². The second-order valence-electron chi connectivity index (χ2n) is 14.5. The van der Waals surface area contributed by atoms with Gasteiger partial charge in [0.2, 0.25) is 0 Å². The van der Waals surface area contributed by atoms with E-state index in [9.17, 15) is 29.1 Å². The summed E-state index contributed by atoms with van der Waals surface area (Å²) in [5.41, 5.74) is -6.86. The zero-order valence-electron chi connectivity index (χ0n) is 29.8. The smallest absolute Gasteiger partial charge is 0.338 e. The molecule has 3 aromatic carbocycles. The minimum atomic E-state index is -2.02. The Kier molecular flexibility index (Phi) is 9.52. The van der Waals surface area contributed by atoms with Gasteiger partial charge in [-0.05, 0) is 64.1 Å². The minimum absolute atomic E-state index is 0.153. The molecule has 1 heterocycles. The molecule has 52 heavy (non-hydrogen) atoms. The number of esters is 5. The molecule has 0 unspecified atom stereocenters. The molecule has 6 rings (SSSR count). The van der Waals surface area contributed by atoms with Crippen LogP contribution in [0.15, 0.2) is 91.0 Å². The predicted molar refractivity (Wildman–Crippen MR) is 183 cm³/mol. The van der Waals surface area contributed by atoms with Crippen molar-refractivity contribution in [2.45, 2.75) is 95.3 Å². The lowest BCUT2D eigenvalue weighted by Crippen LogP contribution is -2.83. The number of fused-ring (bicyclic) bond motifs is 1. The lowest BCUT2D eigenvalue weighted by molar-refractivity contribution is -0.349. The summed E-state index contributed by atoms with van der Waals surface area (Å²) < 4.78 is 37.9. The highest BCUT2D eigenvalue weighted by Gasteiger charge is 2.87. The Morgan fingerprint density at radius 3 is 1.46 bits per heavy atom. The summed E-state index contributed by atoms with van der Waals surface area (Å²) in [6.07, 6.45) is -7.60. The first-order chi connectivity index (χ1) is 24.5. The number of hydrogen-bond donors (Lipinski definition) is 1. The largest absolute Gasteiger partial charge is 0.459 e. The molecule has 1 spiro atoms. The molecule has 3 fully saturated rings. The first kappa shape index (κ1) is 36.7. The standard InChI is InChI=1S/C40H42O12/c1-23(41)47-28-22-38(5,46)40-32(48-24(2)42)29(37(3,4)52-40)30(49-34(43)25-16-10-7-11-17-25)33(51-36(45)27-20-14-9-15-21-27)39(40,6)31(28)50-35(44)26-18-12-8-13-19-26/h7-21,28-33,46H,22H2,1-6H3/t28-,29+,30-,31-,32+,33-,38+,39-,40-/m0/s1. The van der Waals surface area contributed by atoms with E-state index in [1.807, 2.05) is 0 Å². The second-order valence-corrected chi connectivity index (χ2v) is 14.5. The van der Waals surface area contributed by atoms with Crippen LogP contribution in [0.3, 0.4) is 0 Å². The van der Waals surface area contributed by atoms with Gasteiger partial charge < -0.3 is 33.5 Å². The van der Waals surface area contributed by atoms with Crippen molar-refractivity contribution in [3.63, 3.8) is 0 Å². The number of rotatable bonds is 8. The third kappa shape index (κ3) is 6.03. The number of carbonyl (C=O) groups excluding carboxylic acids is 5. The Balaban J connectivity index is 1.63. The molecule has 1 aliphatic heterocycles. The van der Waals surface area contributed by atoms with Gasteiger partial charge in [-0.3, -0.25) is 9.59 Å². The van der Waals surface area contributed by atoms with Crippen molar-refractivity contribution in [3.05, 3.63) is 108 Å². The third-order valence-electron chi connectivity index (χ3n) is 10.7. The molecule has 1 N–H and O–H groups in total. The van der Waals surface area contributed by atoms with Crippen LogP contribution in [0.25, 0.3) is 0 Å². The van der Waals surface area contributed by atoms with Crippen LogP contribution in [0.4, 0.5) is 0 Å². The molecule has 2 bridgehead atoms. The molecule has 2 saturated carbocycles. The molecule has 0 aromatic heterocycles. The number of aliphatic hydroxyl groups is 1. The van der Waals surface area contributed by atoms with Crippen molar-refractivity contribution in [2.24, 2.45) is 11.3 Å². The zero-order valence-corrected chi connectivity index (χ0v) is 29.8. The van der Waals surface area contributed by atoms with Gasteiger partial charge in [0.25, 0.3) is 0 Å². The Bertz CT molecular complexity index is 1840. The van der Waals surface area contributed by atoms with Crippen LogP contribution in [-0.2, 0) is 38.0 Å². The van der Waals surface area contributed by atoms with E-state index in [-0.39, 0.29) is 23.1 Å². The van der Waals surface area contributed by atoms with Gasteiger partial charge >= 0.3 is 29.8 Å². The topological polar surface area (TPSA) is 161 Å². The van der Waals surface area contributed by atoms with Crippen molar-refractivity contribution in [2.75, 3.05) is 0 Å². The zero-order chi connectivity index (χ0) is 37.6. The van der Waals surface area contributed by atoms with Gasteiger partial charge in [0.05, 0.1) is 39.2 Å². The van der Waals surface area contributed by atoms with Crippen LogP contribution in [0, 0.1) is 11.3 Å². The first-order valence-electron chi connectivity index (χ1n) is 17.1. The summed E-state index contributed by atoms with van der Waals surface area (Å²) >= 11 is 0. The molecule has 2 aliphatic carbocycles. The molecule has 0 amide bonds. The van der Waals surface area contributed by atoms with E-state index in [0.29, 0.717) is 0 Å². The van der Waals surface area contributed by atoms with E-state index < -0.39 is 88.5 Å². The fraction of sp³-hybridized carbons (Fsp3) is 0.425. The van der Waals surface area contributed by atoms with Crippen molar-refractivity contribution in [1.29, 1.82) is 0 Å². The molecule has 0 radical (unpaired) electrons. The monoisotopic (exact) mass is 714 g/mol. The molecule has 274 valence electrons. The van der Waals surface area contributed by atoms with Gasteiger partial charge in [-0.2, -0.15) is 0 Å². The van der Waals surface area contributed by atoms with Crippen molar-refractivity contribution in [1.82, 2.24) is 0 Å². The number of carbonyl (C=O) groups is 5. The lowest BCUT2D eigenvalue weighted by atomic mass is 9.46. The first-order valence-corrected chi connectivity index (χ1v) is 17.1. The SMILES string of the molecule is CC(=O)O[C@H]1C[C@@](C)(O)[C@]23OC(C)(C)[C@H]([C@H](OC(=O)c4ccccc4)[C@H](OC(=O)c4ccccc4)[C@]2(C)[C@H]1OC(=O)c1ccccc1)[C@H]3OC(C)=O. The fourth-order valence-corrected chi connectivity index (χ4v) is 8.75. The van der Waals surface area contributed by atoms with E-state index in [4.69, 9.17) is 28.4 Å². The molecular formula is C40H42O12. The Morgan fingerprint density at radius 1 is 0.596 bits per heavy atom. The maximum Gasteiger partial charge on any atom is 0.338 e. The van der Waals surface area contributed by atoms with Gasteiger partial charge in [-0.1, -0.05) is 54.6 Å². The molecule has 3 aliphatic rings. The normalized spacial score (nSPS) is 32.8. The number of hydrogen-bond acceptors (Lipinski definition) is 12. The molecule has 12 heteroatoms. The van der Waals surface area contributed by atoms with Crippen LogP contribution < -0.4 is 0 Å². The minimum Gasteiger partial charge on any atom is -0.459 e. The molecule has 9 atom stereocenters. The van der Waals surface area contributed by atoms with E-state index >= 15 is 0 Å². The van der Waals surface area contributed by atoms with Crippen LogP contribution in [0.5, 0.6) is 0 Å². The lowest BCUT2D eigenvalue weighted by Gasteiger charge is -2.65. The summed E-state index contributed by atoms with van der Waals surface area (Å²) in [7, 11) is 0. The number of benzene rings is 3. The van der Waals surface area contributed by atoms with Gasteiger partial charge in [0.1, 0.15) is 23.9 Å². The average Bonchev–Trinajstić information content (AvgIpc) is 3.31. The van der Waals surface area contributed by atoms with Crippen LogP contribution in [0.2, 0.25) is 0 Å². The van der Waals surface area contributed by atoms with Gasteiger partial charge in [-0.15, -0.1) is 0 Å². The molecule has 1 saturated heterocycles. The van der Waals surface area contributed by atoms with Crippen molar-refractivity contribution < 1.29 is 57.5 Å². The van der Waals surface area contributed by atoms with Crippen molar-refractivity contribution >= 4 is 29.8 Å². The molecular weight excluding hydrogens is 672 g/mol. The quantitative estimate of drug-likeness (QED) is 0.250. The highest BCUT2D eigenvalue weighted by atomic mass is 16.6. The molecule has 12 nitrogen and oxygen atoms in total. The molecule has 3 aromatic rings. The van der Waals surface area contributed by atoms with E-state index in [2.05, 4.69) is 0 Å². The van der Waals surface area contributed by atoms with Gasteiger partial charge in [0.15, 0.2) is 12.2 Å². The summed E-state index contributed by atoms with van der Waals surface area (Å²) in [5.74, 6) is -4.97. The maximum absolute atomic E-state index is 14.1. The summed E-state index contributed by atoms with van der Waals surface area (Å²) in [5, 5.41) is 12.7. The highest BCUT2D eigenvalue weighted by Crippen LogP contribution is 2.69.